The molecule has 0 spiro atoms. The van der Waals surface area contributed by atoms with Crippen LogP contribution in [0.3, 0.4) is 0 Å². The number of sulfonamides is 1. The molecule has 3 rings (SSSR count). The monoisotopic (exact) mass is 345 g/mol. The maximum absolute atomic E-state index is 12.3. The summed E-state index contributed by atoms with van der Waals surface area (Å²) in [6.45, 7) is 1.37. The third-order valence-electron chi connectivity index (χ3n) is 3.39. The summed E-state index contributed by atoms with van der Waals surface area (Å²) < 4.78 is 35.5. The third-order valence-corrected chi connectivity index (χ3v) is 5.26. The second-order valence-electron chi connectivity index (χ2n) is 5.14. The Bertz CT molecular complexity index is 764. The van der Waals surface area contributed by atoms with Gasteiger partial charge in [-0.15, -0.1) is 0 Å². The maximum atomic E-state index is 12.3. The van der Waals surface area contributed by atoms with Crippen LogP contribution < -0.4 is 4.72 Å². The summed E-state index contributed by atoms with van der Waals surface area (Å²) in [5, 5.41) is 3.99. The van der Waals surface area contributed by atoms with E-state index in [-0.39, 0.29) is 16.3 Å². The van der Waals surface area contributed by atoms with Gasteiger partial charge >= 0.3 is 0 Å². The molecule has 120 valence electrons. The Hall–Kier alpha value is -1.58. The van der Waals surface area contributed by atoms with Crippen LogP contribution in [0, 0.1) is 0 Å². The van der Waals surface area contributed by atoms with Gasteiger partial charge in [-0.3, -0.25) is 9.40 Å². The fourth-order valence-corrected chi connectivity index (χ4v) is 3.75. The van der Waals surface area contributed by atoms with E-state index < -0.39 is 10.0 Å². The van der Waals surface area contributed by atoms with E-state index in [0.29, 0.717) is 12.2 Å². The van der Waals surface area contributed by atoms with E-state index in [1.165, 1.54) is 17.1 Å². The highest BCUT2D eigenvalue weighted by atomic mass is 35.5. The summed E-state index contributed by atoms with van der Waals surface area (Å²) in [5.41, 5.74) is 0.361. The van der Waals surface area contributed by atoms with Crippen LogP contribution >= 0.6 is 11.6 Å². The number of rotatable bonds is 5. The lowest BCUT2D eigenvalue weighted by molar-refractivity contribution is 0.0940. The molecule has 0 amide bonds. The molecular weight excluding hydrogens is 330 g/mol. The van der Waals surface area contributed by atoms with E-state index in [4.69, 9.17) is 16.3 Å². The average molecular weight is 346 g/mol. The Kier molecular flexibility index (Phi) is 4.11. The molecule has 1 N–H and O–H groups in total. The first-order valence-electron chi connectivity index (χ1n) is 6.79. The summed E-state index contributed by atoms with van der Waals surface area (Å²) in [6, 6.07) is 0. The molecule has 0 aliphatic carbocycles. The van der Waals surface area contributed by atoms with Crippen molar-refractivity contribution in [3.63, 3.8) is 0 Å². The van der Waals surface area contributed by atoms with Crippen LogP contribution in [0.5, 0.6) is 0 Å². The summed E-state index contributed by atoms with van der Waals surface area (Å²) in [5.74, 6) is 0. The molecule has 1 aliphatic heterocycles. The van der Waals surface area contributed by atoms with E-state index in [2.05, 4.69) is 14.8 Å². The topological polar surface area (TPSA) is 91.0 Å². The van der Waals surface area contributed by atoms with Crippen molar-refractivity contribution in [2.75, 3.05) is 11.3 Å². The quantitative estimate of drug-likeness (QED) is 0.880. The van der Waals surface area contributed by atoms with Crippen molar-refractivity contribution >= 4 is 27.3 Å². The second kappa shape index (κ2) is 5.90. The molecule has 1 aliphatic rings. The zero-order valence-electron chi connectivity index (χ0n) is 11.9. The fourth-order valence-electron chi connectivity index (χ4n) is 2.29. The number of anilines is 1. The minimum atomic E-state index is -3.84. The number of nitrogens with zero attached hydrogens (tertiary/aromatic N) is 4. The third kappa shape index (κ3) is 3.11. The zero-order valence-corrected chi connectivity index (χ0v) is 13.5. The Morgan fingerprint density at radius 2 is 2.36 bits per heavy atom. The number of imidazole rings is 1. The van der Waals surface area contributed by atoms with Gasteiger partial charge in [0.2, 0.25) is 5.03 Å². The predicted molar refractivity (Wildman–Crippen MR) is 80.2 cm³/mol. The van der Waals surface area contributed by atoms with Gasteiger partial charge in [-0.05, 0) is 12.8 Å². The van der Waals surface area contributed by atoms with Crippen LogP contribution in [0.2, 0.25) is 5.15 Å². The second-order valence-corrected chi connectivity index (χ2v) is 7.10. The zero-order chi connectivity index (χ0) is 15.7. The van der Waals surface area contributed by atoms with Crippen molar-refractivity contribution in [3.05, 3.63) is 23.9 Å². The van der Waals surface area contributed by atoms with Crippen LogP contribution in [0.4, 0.5) is 5.69 Å². The van der Waals surface area contributed by atoms with E-state index in [0.717, 1.165) is 19.4 Å². The molecule has 1 atom stereocenters. The summed E-state index contributed by atoms with van der Waals surface area (Å²) in [7, 11) is -2.22. The molecule has 10 heteroatoms. The summed E-state index contributed by atoms with van der Waals surface area (Å²) in [4.78, 5) is 3.81. The SMILES string of the molecule is Cn1cnc(S(=O)(=O)Nc2cnn(C[C@@H]3CCCO3)c2)c1Cl. The first-order chi connectivity index (χ1) is 10.5. The fraction of sp³-hybridized carbons (Fsp3) is 0.500. The summed E-state index contributed by atoms with van der Waals surface area (Å²) in [6.07, 6.45) is 6.58. The Morgan fingerprint density at radius 3 is 3.00 bits per heavy atom. The molecule has 0 bridgehead atoms. The highest BCUT2D eigenvalue weighted by molar-refractivity contribution is 7.92. The summed E-state index contributed by atoms with van der Waals surface area (Å²) >= 11 is 5.92. The molecule has 1 fully saturated rings. The van der Waals surface area contributed by atoms with Crippen LogP contribution in [0.25, 0.3) is 0 Å². The van der Waals surface area contributed by atoms with Crippen molar-refractivity contribution < 1.29 is 13.2 Å². The van der Waals surface area contributed by atoms with Crippen molar-refractivity contribution in [3.8, 4) is 0 Å². The van der Waals surface area contributed by atoms with Crippen LogP contribution in [-0.4, -0.2) is 40.5 Å². The van der Waals surface area contributed by atoms with E-state index >= 15 is 0 Å². The largest absolute Gasteiger partial charge is 0.376 e. The molecule has 22 heavy (non-hydrogen) atoms. The van der Waals surface area contributed by atoms with Crippen LogP contribution in [0.1, 0.15) is 12.8 Å². The lowest BCUT2D eigenvalue weighted by atomic mass is 10.2. The minimum absolute atomic E-state index is 0.0549. The van der Waals surface area contributed by atoms with E-state index in [9.17, 15) is 8.42 Å². The molecule has 1 saturated heterocycles. The highest BCUT2D eigenvalue weighted by Crippen LogP contribution is 2.22. The number of aryl methyl sites for hydroxylation is 1. The molecule has 0 radical (unpaired) electrons. The molecule has 0 unspecified atom stereocenters. The van der Waals surface area contributed by atoms with E-state index in [1.54, 1.807) is 17.9 Å². The van der Waals surface area contributed by atoms with Crippen LogP contribution in [0.15, 0.2) is 23.7 Å². The van der Waals surface area contributed by atoms with Gasteiger partial charge in [0, 0.05) is 19.9 Å². The molecule has 0 aromatic carbocycles. The minimum Gasteiger partial charge on any atom is -0.376 e. The average Bonchev–Trinajstić information content (AvgIpc) is 3.16. The number of hydrogen-bond donors (Lipinski definition) is 1. The van der Waals surface area contributed by atoms with Crippen molar-refractivity contribution in [2.45, 2.75) is 30.5 Å². The van der Waals surface area contributed by atoms with Gasteiger partial charge in [0.1, 0.15) is 5.15 Å². The van der Waals surface area contributed by atoms with Gasteiger partial charge < -0.3 is 9.30 Å². The van der Waals surface area contributed by atoms with Crippen molar-refractivity contribution in [1.29, 1.82) is 0 Å². The van der Waals surface area contributed by atoms with Crippen LogP contribution in [-0.2, 0) is 28.4 Å². The molecule has 8 nitrogen and oxygen atoms in total. The molecular formula is C12H16ClN5O3S. The van der Waals surface area contributed by atoms with Gasteiger partial charge in [0.05, 0.1) is 30.9 Å². The van der Waals surface area contributed by atoms with Crippen molar-refractivity contribution in [2.24, 2.45) is 7.05 Å². The van der Waals surface area contributed by atoms with Gasteiger partial charge in [0.25, 0.3) is 10.0 Å². The maximum Gasteiger partial charge on any atom is 0.282 e. The van der Waals surface area contributed by atoms with Gasteiger partial charge in [-0.2, -0.15) is 13.5 Å². The molecule has 3 heterocycles. The normalized spacial score (nSPS) is 18.7. The predicted octanol–water partition coefficient (Wildman–Crippen LogP) is 1.25. The molecule has 2 aromatic rings. The number of aromatic nitrogens is 4. The smallest absolute Gasteiger partial charge is 0.282 e. The van der Waals surface area contributed by atoms with Gasteiger partial charge in [-0.1, -0.05) is 11.6 Å². The standard InChI is InChI=1S/C12H16ClN5O3S/c1-17-8-14-12(11(17)13)22(19,20)16-9-5-15-18(6-9)7-10-3-2-4-21-10/h5-6,8,10,16H,2-4,7H2,1H3/t10-/m0/s1. The first kappa shape index (κ1) is 15.3. The first-order valence-corrected chi connectivity index (χ1v) is 8.65. The van der Waals surface area contributed by atoms with Crippen molar-refractivity contribution in [1.82, 2.24) is 19.3 Å². The molecule has 0 saturated carbocycles. The lowest BCUT2D eigenvalue weighted by Gasteiger charge is -2.08. The highest BCUT2D eigenvalue weighted by Gasteiger charge is 2.23. The van der Waals surface area contributed by atoms with Gasteiger partial charge in [0.15, 0.2) is 0 Å². The molecule has 2 aromatic heterocycles. The number of hydrogen-bond acceptors (Lipinski definition) is 5. The number of nitrogens with one attached hydrogen (secondary N) is 1. The van der Waals surface area contributed by atoms with E-state index in [1.807, 2.05) is 0 Å². The lowest BCUT2D eigenvalue weighted by Crippen LogP contribution is -2.15. The van der Waals surface area contributed by atoms with Gasteiger partial charge in [-0.25, -0.2) is 4.98 Å². The Balaban J connectivity index is 1.72. The number of halogens is 1. The Morgan fingerprint density at radius 1 is 1.55 bits per heavy atom. The Labute approximate surface area is 133 Å². The number of ether oxygens (including phenoxy) is 1.